The molecule has 1 fully saturated rings. The summed E-state index contributed by atoms with van der Waals surface area (Å²) in [5, 5.41) is 0.147. The van der Waals surface area contributed by atoms with Gasteiger partial charge in [0.15, 0.2) is 0 Å². The maximum atomic E-state index is 12.2. The molecule has 4 nitrogen and oxygen atoms in total. The highest BCUT2D eigenvalue weighted by Crippen LogP contribution is 2.26. The number of halogens is 2. The Hall–Kier alpha value is -0.490. The molecule has 1 unspecified atom stereocenters. The SMILES string of the molecule is CC(CCl)S(=O)(=O)N1CCN(c2ccccc2Cl)CC1. The van der Waals surface area contributed by atoms with Crippen LogP contribution in [0.15, 0.2) is 24.3 Å². The van der Waals surface area contributed by atoms with E-state index in [-0.39, 0.29) is 5.88 Å². The average Bonchev–Trinajstić information content (AvgIpc) is 2.47. The number of anilines is 1. The third-order valence-corrected chi connectivity index (χ3v) is 6.75. The molecule has 0 N–H and O–H groups in total. The predicted octanol–water partition coefficient (Wildman–Crippen LogP) is 2.42. The molecule has 1 aromatic carbocycles. The number of sulfonamides is 1. The van der Waals surface area contributed by atoms with Crippen LogP contribution in [-0.4, -0.2) is 50.0 Å². The van der Waals surface area contributed by atoms with Crippen LogP contribution in [0.3, 0.4) is 0 Å². The fourth-order valence-electron chi connectivity index (χ4n) is 2.23. The molecule has 2 rings (SSSR count). The van der Waals surface area contributed by atoms with E-state index in [0.717, 1.165) is 5.69 Å². The summed E-state index contributed by atoms with van der Waals surface area (Å²) in [5.74, 6) is 0.118. The van der Waals surface area contributed by atoms with E-state index in [1.807, 2.05) is 24.3 Å². The normalized spacial score (nSPS) is 19.1. The van der Waals surface area contributed by atoms with Crippen LogP contribution in [0, 0.1) is 0 Å². The van der Waals surface area contributed by atoms with Gasteiger partial charge in [0.2, 0.25) is 10.0 Å². The van der Waals surface area contributed by atoms with E-state index in [0.29, 0.717) is 31.2 Å². The lowest BCUT2D eigenvalue weighted by Crippen LogP contribution is -2.51. The molecule has 1 atom stereocenters. The highest BCUT2D eigenvalue weighted by molar-refractivity contribution is 7.89. The Balaban J connectivity index is 2.05. The standard InChI is InChI=1S/C13H18Cl2N2O2S/c1-11(10-14)20(18,19)17-8-6-16(7-9-17)13-5-3-2-4-12(13)15/h2-5,11H,6-10H2,1H3. The van der Waals surface area contributed by atoms with Crippen LogP contribution in [0.2, 0.25) is 5.02 Å². The first kappa shape index (κ1) is 15.9. The second-order valence-electron chi connectivity index (χ2n) is 4.85. The third kappa shape index (κ3) is 3.22. The fourth-order valence-corrected chi connectivity index (χ4v) is 4.30. The lowest BCUT2D eigenvalue weighted by Gasteiger charge is -2.36. The lowest BCUT2D eigenvalue weighted by atomic mass is 10.2. The Bertz CT molecular complexity index is 557. The van der Waals surface area contributed by atoms with Crippen molar-refractivity contribution in [3.8, 4) is 0 Å². The number of nitrogens with zero attached hydrogens (tertiary/aromatic N) is 2. The van der Waals surface area contributed by atoms with E-state index in [9.17, 15) is 8.42 Å². The van der Waals surface area contributed by atoms with E-state index >= 15 is 0 Å². The van der Waals surface area contributed by atoms with Crippen molar-refractivity contribution in [2.45, 2.75) is 12.2 Å². The van der Waals surface area contributed by atoms with Crippen LogP contribution in [0.4, 0.5) is 5.69 Å². The van der Waals surface area contributed by atoms with Gasteiger partial charge in [0, 0.05) is 32.1 Å². The summed E-state index contributed by atoms with van der Waals surface area (Å²) < 4.78 is 26.0. The van der Waals surface area contributed by atoms with Gasteiger partial charge in [0.25, 0.3) is 0 Å². The van der Waals surface area contributed by atoms with Crippen LogP contribution in [0.5, 0.6) is 0 Å². The molecule has 0 aromatic heterocycles. The summed E-state index contributed by atoms with van der Waals surface area (Å²) in [5.41, 5.74) is 0.955. The Labute approximate surface area is 130 Å². The summed E-state index contributed by atoms with van der Waals surface area (Å²) in [7, 11) is -3.29. The smallest absolute Gasteiger partial charge is 0.218 e. The average molecular weight is 337 g/mol. The van der Waals surface area contributed by atoms with Gasteiger partial charge in [-0.05, 0) is 19.1 Å². The minimum atomic E-state index is -3.29. The van der Waals surface area contributed by atoms with Crippen LogP contribution in [-0.2, 0) is 10.0 Å². The van der Waals surface area contributed by atoms with Crippen molar-refractivity contribution in [2.75, 3.05) is 37.0 Å². The molecule has 0 saturated carbocycles. The van der Waals surface area contributed by atoms with E-state index in [4.69, 9.17) is 23.2 Å². The maximum absolute atomic E-state index is 12.2. The lowest BCUT2D eigenvalue weighted by molar-refractivity contribution is 0.381. The summed E-state index contributed by atoms with van der Waals surface area (Å²) in [4.78, 5) is 2.11. The number of alkyl halides is 1. The van der Waals surface area contributed by atoms with Crippen LogP contribution in [0.25, 0.3) is 0 Å². The largest absolute Gasteiger partial charge is 0.368 e. The predicted molar refractivity (Wildman–Crippen MR) is 84.3 cm³/mol. The first-order valence-electron chi connectivity index (χ1n) is 6.51. The van der Waals surface area contributed by atoms with Crippen molar-refractivity contribution < 1.29 is 8.42 Å². The molecule has 1 aromatic rings. The summed E-state index contributed by atoms with van der Waals surface area (Å²) in [6.07, 6.45) is 0. The van der Waals surface area contributed by atoms with Gasteiger partial charge >= 0.3 is 0 Å². The molecule has 1 aliphatic heterocycles. The second kappa shape index (κ2) is 6.52. The van der Waals surface area contributed by atoms with Crippen molar-refractivity contribution in [3.05, 3.63) is 29.3 Å². The second-order valence-corrected chi connectivity index (χ2v) is 7.91. The Morgan fingerprint density at radius 3 is 2.35 bits per heavy atom. The van der Waals surface area contributed by atoms with E-state index in [2.05, 4.69) is 4.90 Å². The zero-order chi connectivity index (χ0) is 14.8. The summed E-state index contributed by atoms with van der Waals surface area (Å²) in [6, 6.07) is 7.61. The topological polar surface area (TPSA) is 40.6 Å². The number of piperazine rings is 1. The molecule has 0 amide bonds. The zero-order valence-corrected chi connectivity index (χ0v) is 13.6. The molecule has 112 valence electrons. The molecule has 0 aliphatic carbocycles. The molecule has 1 heterocycles. The first-order chi connectivity index (χ1) is 9.46. The number of hydrogen-bond acceptors (Lipinski definition) is 3. The van der Waals surface area contributed by atoms with Crippen LogP contribution < -0.4 is 4.90 Å². The Morgan fingerprint density at radius 2 is 1.80 bits per heavy atom. The molecule has 0 bridgehead atoms. The van der Waals surface area contributed by atoms with Crippen molar-refractivity contribution in [3.63, 3.8) is 0 Å². The van der Waals surface area contributed by atoms with E-state index < -0.39 is 15.3 Å². The van der Waals surface area contributed by atoms with E-state index in [1.165, 1.54) is 4.31 Å². The maximum Gasteiger partial charge on any atom is 0.218 e. The van der Waals surface area contributed by atoms with Gasteiger partial charge in [-0.1, -0.05) is 23.7 Å². The molecule has 1 aliphatic rings. The molecule has 7 heteroatoms. The van der Waals surface area contributed by atoms with Crippen LogP contribution in [0.1, 0.15) is 6.92 Å². The Kier molecular flexibility index (Phi) is 5.18. The highest BCUT2D eigenvalue weighted by atomic mass is 35.5. The van der Waals surface area contributed by atoms with Crippen molar-refractivity contribution in [2.24, 2.45) is 0 Å². The zero-order valence-electron chi connectivity index (χ0n) is 11.3. The van der Waals surface area contributed by atoms with Gasteiger partial charge in [-0.2, -0.15) is 4.31 Å². The van der Waals surface area contributed by atoms with Crippen molar-refractivity contribution in [1.29, 1.82) is 0 Å². The quantitative estimate of drug-likeness (QED) is 0.793. The number of hydrogen-bond donors (Lipinski definition) is 0. The van der Waals surface area contributed by atoms with Gasteiger partial charge in [0.1, 0.15) is 0 Å². The van der Waals surface area contributed by atoms with Crippen LogP contribution >= 0.6 is 23.2 Å². The van der Waals surface area contributed by atoms with Gasteiger partial charge in [0.05, 0.1) is 16.0 Å². The summed E-state index contributed by atoms with van der Waals surface area (Å²) >= 11 is 11.8. The molecule has 0 radical (unpaired) electrons. The van der Waals surface area contributed by atoms with Crippen molar-refractivity contribution >= 4 is 38.9 Å². The van der Waals surface area contributed by atoms with Gasteiger partial charge in [-0.3, -0.25) is 0 Å². The third-order valence-electron chi connectivity index (χ3n) is 3.52. The highest BCUT2D eigenvalue weighted by Gasteiger charge is 2.31. The molecule has 20 heavy (non-hydrogen) atoms. The molecular weight excluding hydrogens is 319 g/mol. The number of rotatable bonds is 4. The Morgan fingerprint density at radius 1 is 1.20 bits per heavy atom. The number of para-hydroxylation sites is 1. The molecule has 1 saturated heterocycles. The van der Waals surface area contributed by atoms with Gasteiger partial charge in [-0.25, -0.2) is 8.42 Å². The van der Waals surface area contributed by atoms with E-state index in [1.54, 1.807) is 6.92 Å². The summed E-state index contributed by atoms with van der Waals surface area (Å²) in [6.45, 7) is 3.85. The molecular formula is C13H18Cl2N2O2S. The van der Waals surface area contributed by atoms with Crippen molar-refractivity contribution in [1.82, 2.24) is 4.31 Å². The van der Waals surface area contributed by atoms with Gasteiger partial charge < -0.3 is 4.90 Å². The monoisotopic (exact) mass is 336 g/mol. The first-order valence-corrected chi connectivity index (χ1v) is 8.93. The minimum Gasteiger partial charge on any atom is -0.368 e. The fraction of sp³-hybridized carbons (Fsp3) is 0.538. The molecule has 0 spiro atoms. The van der Waals surface area contributed by atoms with Gasteiger partial charge in [-0.15, -0.1) is 11.6 Å². The minimum absolute atomic E-state index is 0.118. The number of benzene rings is 1.